The summed E-state index contributed by atoms with van der Waals surface area (Å²) in [6.07, 6.45) is 0. The second-order valence-corrected chi connectivity index (χ2v) is 1.20. The maximum absolute atomic E-state index is 4.49. The Hall–Kier alpha value is -1.13. The number of hydrogen-bond acceptors (Lipinski definition) is 5. The van der Waals surface area contributed by atoms with Gasteiger partial charge in [0.15, 0.2) is 0 Å². The van der Waals surface area contributed by atoms with E-state index in [1.807, 2.05) is 34.6 Å². The molecule has 0 radical (unpaired) electrons. The van der Waals surface area contributed by atoms with Gasteiger partial charge < -0.3 is 5.32 Å². The maximum Gasteiger partial charge on any atom is 0.341 e. The molecule has 0 aliphatic carbocycles. The number of nitrogens with zero attached hydrogens (tertiary/aromatic N) is 3. The van der Waals surface area contributed by atoms with E-state index in [0.717, 1.165) is 6.54 Å². The van der Waals surface area contributed by atoms with E-state index in [4.69, 9.17) is 0 Å². The number of hydrogen-bond donors (Lipinski definition) is 1. The molecule has 0 aliphatic heterocycles. The molecule has 1 aromatic heterocycles. The number of aromatic nitrogens is 3. The molecular formula is C7H18N4O. The predicted octanol–water partition coefficient (Wildman–Crippen LogP) is 1.95. The van der Waals surface area contributed by atoms with Crippen molar-refractivity contribution < 1.29 is 4.52 Å². The van der Waals surface area contributed by atoms with E-state index in [1.165, 1.54) is 0 Å². The summed E-state index contributed by atoms with van der Waals surface area (Å²) >= 11 is 0. The van der Waals surface area contributed by atoms with Gasteiger partial charge in [0.1, 0.15) is 0 Å². The minimum absolute atomic E-state index is 0.368. The molecule has 0 saturated carbocycles. The summed E-state index contributed by atoms with van der Waals surface area (Å²) in [5.41, 5.74) is 0. The average molecular weight is 174 g/mol. The lowest BCUT2D eigenvalue weighted by molar-refractivity contribution is 0.404. The zero-order chi connectivity index (χ0) is 9.82. The highest BCUT2D eigenvalue weighted by Crippen LogP contribution is 1.92. The monoisotopic (exact) mass is 174 g/mol. The Bertz CT molecular complexity index is 141. The minimum Gasteiger partial charge on any atom is -0.337 e. The van der Waals surface area contributed by atoms with Gasteiger partial charge in [-0.3, -0.25) is 4.52 Å². The highest BCUT2D eigenvalue weighted by atomic mass is 16.5. The van der Waals surface area contributed by atoms with Crippen molar-refractivity contribution in [2.75, 3.05) is 11.9 Å². The fraction of sp³-hybridized carbons (Fsp3) is 0.857. The summed E-state index contributed by atoms with van der Waals surface area (Å²) in [6.45, 7) is 10.7. The predicted molar refractivity (Wildman–Crippen MR) is 49.0 cm³/mol. The van der Waals surface area contributed by atoms with Crippen molar-refractivity contribution in [1.29, 1.82) is 0 Å². The van der Waals surface area contributed by atoms with Crippen LogP contribution in [-0.2, 0) is 0 Å². The molecule has 5 nitrogen and oxygen atoms in total. The van der Waals surface area contributed by atoms with Gasteiger partial charge in [-0.2, -0.15) is 0 Å². The van der Waals surface area contributed by atoms with Crippen LogP contribution in [0.1, 0.15) is 34.6 Å². The van der Waals surface area contributed by atoms with E-state index >= 15 is 0 Å². The molecule has 12 heavy (non-hydrogen) atoms. The summed E-state index contributed by atoms with van der Waals surface area (Å²) in [4.78, 5) is 0. The standard InChI is InChI=1S/C3H6N4O.2C2H6/c1-2-4-3-5-6-7-8-3;2*1-2/h2H2,1H3,(H,4,5,7);2*1-2H3. The molecule has 0 aliphatic rings. The van der Waals surface area contributed by atoms with Gasteiger partial charge in [-0.1, -0.05) is 32.8 Å². The molecule has 0 aromatic carbocycles. The van der Waals surface area contributed by atoms with Gasteiger partial charge in [-0.25, -0.2) is 0 Å². The summed E-state index contributed by atoms with van der Waals surface area (Å²) < 4.78 is 4.49. The molecule has 0 unspecified atom stereocenters. The molecule has 0 fully saturated rings. The first-order valence-corrected chi connectivity index (χ1v) is 4.32. The van der Waals surface area contributed by atoms with Crippen LogP contribution in [0.4, 0.5) is 6.01 Å². The van der Waals surface area contributed by atoms with Gasteiger partial charge in [-0.05, 0) is 12.1 Å². The van der Waals surface area contributed by atoms with Crippen molar-refractivity contribution in [3.63, 3.8) is 0 Å². The van der Waals surface area contributed by atoms with Crippen LogP contribution in [0.5, 0.6) is 0 Å². The number of anilines is 1. The molecule has 1 rings (SSSR count). The van der Waals surface area contributed by atoms with Gasteiger partial charge in [-0.15, -0.1) is 0 Å². The van der Waals surface area contributed by atoms with Crippen LogP contribution in [0.15, 0.2) is 4.52 Å². The summed E-state index contributed by atoms with van der Waals surface area (Å²) in [7, 11) is 0. The lowest BCUT2D eigenvalue weighted by Gasteiger charge is -1.87. The Kier molecular flexibility index (Phi) is 14.1. The number of nitrogens with one attached hydrogen (secondary N) is 1. The largest absolute Gasteiger partial charge is 0.341 e. The highest BCUT2D eigenvalue weighted by Gasteiger charge is 1.91. The smallest absolute Gasteiger partial charge is 0.337 e. The quantitative estimate of drug-likeness (QED) is 0.742. The molecule has 1 heterocycles. The molecule has 72 valence electrons. The molecule has 0 bridgehead atoms. The number of rotatable bonds is 2. The van der Waals surface area contributed by atoms with Gasteiger partial charge in [0.05, 0.1) is 5.27 Å². The molecule has 5 heteroatoms. The third-order valence-corrected chi connectivity index (χ3v) is 0.627. The summed E-state index contributed by atoms with van der Waals surface area (Å²) in [5.74, 6) is 0. The lowest BCUT2D eigenvalue weighted by atomic mass is 10.8. The van der Waals surface area contributed by atoms with Crippen molar-refractivity contribution >= 4 is 6.01 Å². The molecule has 1 aromatic rings. The van der Waals surface area contributed by atoms with Gasteiger partial charge in [0, 0.05) is 6.54 Å². The molecular weight excluding hydrogens is 156 g/mol. The summed E-state index contributed by atoms with van der Waals surface area (Å²) in [6, 6.07) is 0.368. The second kappa shape index (κ2) is 12.5. The highest BCUT2D eigenvalue weighted by molar-refractivity contribution is 5.12. The topological polar surface area (TPSA) is 63.8 Å². The Morgan fingerprint density at radius 1 is 1.25 bits per heavy atom. The molecule has 0 spiro atoms. The van der Waals surface area contributed by atoms with E-state index in [9.17, 15) is 0 Å². The maximum atomic E-state index is 4.49. The molecule has 0 amide bonds. The van der Waals surface area contributed by atoms with Crippen molar-refractivity contribution in [2.24, 2.45) is 0 Å². The molecule has 0 atom stereocenters. The summed E-state index contributed by atoms with van der Waals surface area (Å²) in [5, 5.41) is 12.6. The lowest BCUT2D eigenvalue weighted by Crippen LogP contribution is -1.95. The van der Waals surface area contributed by atoms with Crippen LogP contribution < -0.4 is 5.32 Å². The Morgan fingerprint density at radius 3 is 2.17 bits per heavy atom. The van der Waals surface area contributed by atoms with Crippen LogP contribution in [-0.4, -0.2) is 22.1 Å². The first-order valence-electron chi connectivity index (χ1n) is 4.32. The van der Waals surface area contributed by atoms with Gasteiger partial charge in [0.2, 0.25) is 0 Å². The van der Waals surface area contributed by atoms with E-state index in [1.54, 1.807) is 0 Å². The van der Waals surface area contributed by atoms with Crippen LogP contribution in [0, 0.1) is 0 Å². The van der Waals surface area contributed by atoms with E-state index in [0.29, 0.717) is 6.01 Å². The van der Waals surface area contributed by atoms with Crippen molar-refractivity contribution in [3.8, 4) is 0 Å². The van der Waals surface area contributed by atoms with Crippen LogP contribution in [0.2, 0.25) is 0 Å². The van der Waals surface area contributed by atoms with E-state index in [-0.39, 0.29) is 0 Å². The minimum atomic E-state index is 0.368. The zero-order valence-electron chi connectivity index (χ0n) is 8.46. The fourth-order valence-corrected chi connectivity index (χ4v) is 0.353. The van der Waals surface area contributed by atoms with Crippen molar-refractivity contribution in [1.82, 2.24) is 15.6 Å². The first kappa shape index (κ1) is 13.5. The normalized spacial score (nSPS) is 7.08. The average Bonchev–Trinajstić information content (AvgIpc) is 2.65. The van der Waals surface area contributed by atoms with E-state index < -0.39 is 0 Å². The third kappa shape index (κ3) is 6.98. The SMILES string of the molecule is CC.CC.CCNc1nnno1. The van der Waals surface area contributed by atoms with Crippen molar-refractivity contribution in [2.45, 2.75) is 34.6 Å². The van der Waals surface area contributed by atoms with Crippen LogP contribution in [0.3, 0.4) is 0 Å². The Balaban J connectivity index is 0. The van der Waals surface area contributed by atoms with Crippen LogP contribution in [0.25, 0.3) is 0 Å². The van der Waals surface area contributed by atoms with Crippen molar-refractivity contribution in [3.05, 3.63) is 0 Å². The van der Waals surface area contributed by atoms with Gasteiger partial charge >= 0.3 is 6.01 Å². The molecule has 1 N–H and O–H groups in total. The fourth-order valence-electron chi connectivity index (χ4n) is 0.353. The first-order chi connectivity index (χ1) is 5.93. The second-order valence-electron chi connectivity index (χ2n) is 1.20. The van der Waals surface area contributed by atoms with Gasteiger partial charge in [0.25, 0.3) is 0 Å². The van der Waals surface area contributed by atoms with E-state index in [2.05, 4.69) is 25.4 Å². The Morgan fingerprint density at radius 2 is 1.83 bits per heavy atom. The Labute approximate surface area is 73.5 Å². The third-order valence-electron chi connectivity index (χ3n) is 0.627. The molecule has 0 saturated heterocycles. The zero-order valence-corrected chi connectivity index (χ0v) is 8.46. The van der Waals surface area contributed by atoms with Crippen LogP contribution >= 0.6 is 0 Å².